The van der Waals surface area contributed by atoms with Gasteiger partial charge in [-0.25, -0.2) is 0 Å². The Labute approximate surface area is 121 Å². The van der Waals surface area contributed by atoms with Gasteiger partial charge in [-0.3, -0.25) is 9.59 Å². The van der Waals surface area contributed by atoms with Crippen molar-refractivity contribution < 1.29 is 19.4 Å². The molecule has 5 nitrogen and oxygen atoms in total. The molecule has 1 aromatic rings. The minimum Gasteiger partial charge on any atom is -0.493 e. The average molecular weight is 295 g/mol. The van der Waals surface area contributed by atoms with E-state index in [1.807, 2.05) is 25.1 Å². The van der Waals surface area contributed by atoms with Crippen LogP contribution in [0.25, 0.3) is 0 Å². The molecule has 0 radical (unpaired) electrons. The van der Waals surface area contributed by atoms with E-state index in [9.17, 15) is 9.59 Å². The van der Waals surface area contributed by atoms with E-state index in [4.69, 9.17) is 9.84 Å². The van der Waals surface area contributed by atoms with Gasteiger partial charge in [0.2, 0.25) is 5.91 Å². The Morgan fingerprint density at radius 1 is 1.45 bits per heavy atom. The molecular formula is C14H17NO4S. The molecule has 2 N–H and O–H groups in total. The Balaban J connectivity index is 2.12. The van der Waals surface area contributed by atoms with Gasteiger partial charge in [0, 0.05) is 18.7 Å². The number of rotatable bonds is 5. The van der Waals surface area contributed by atoms with E-state index >= 15 is 0 Å². The van der Waals surface area contributed by atoms with Gasteiger partial charge in [0.05, 0.1) is 6.61 Å². The predicted molar refractivity (Wildman–Crippen MR) is 77.1 cm³/mol. The molecule has 0 spiro atoms. The third-order valence-electron chi connectivity index (χ3n) is 3.23. The SMILES string of the molecule is CNC(=O)C(SC(C)c1ccc2c(c1)CCO2)C(=O)O. The highest BCUT2D eigenvalue weighted by molar-refractivity contribution is 8.01. The van der Waals surface area contributed by atoms with Crippen LogP contribution in [-0.2, 0) is 16.0 Å². The van der Waals surface area contributed by atoms with Crippen molar-refractivity contribution in [1.29, 1.82) is 0 Å². The number of carboxylic acid groups (broad SMARTS) is 1. The number of benzene rings is 1. The first-order valence-electron chi connectivity index (χ1n) is 6.38. The van der Waals surface area contributed by atoms with Crippen molar-refractivity contribution in [1.82, 2.24) is 5.32 Å². The maximum atomic E-state index is 11.6. The molecule has 0 bridgehead atoms. The average Bonchev–Trinajstić information content (AvgIpc) is 2.90. The smallest absolute Gasteiger partial charge is 0.326 e. The van der Waals surface area contributed by atoms with Gasteiger partial charge >= 0.3 is 5.97 Å². The fourth-order valence-corrected chi connectivity index (χ4v) is 3.18. The summed E-state index contributed by atoms with van der Waals surface area (Å²) in [6, 6.07) is 5.86. The molecule has 1 aliphatic heterocycles. The van der Waals surface area contributed by atoms with E-state index in [1.54, 1.807) is 0 Å². The number of fused-ring (bicyclic) bond motifs is 1. The van der Waals surface area contributed by atoms with Crippen molar-refractivity contribution in [2.75, 3.05) is 13.7 Å². The molecule has 2 rings (SSSR count). The second-order valence-corrected chi connectivity index (χ2v) is 6.03. The molecule has 0 aliphatic carbocycles. The van der Waals surface area contributed by atoms with E-state index in [2.05, 4.69) is 5.32 Å². The van der Waals surface area contributed by atoms with Crippen LogP contribution in [0.2, 0.25) is 0 Å². The maximum Gasteiger partial charge on any atom is 0.326 e. The zero-order valence-corrected chi connectivity index (χ0v) is 12.2. The summed E-state index contributed by atoms with van der Waals surface area (Å²) in [7, 11) is 1.44. The third kappa shape index (κ3) is 3.07. The number of thioether (sulfide) groups is 1. The molecule has 0 saturated carbocycles. The number of carboxylic acids is 1. The Morgan fingerprint density at radius 3 is 2.85 bits per heavy atom. The lowest BCUT2D eigenvalue weighted by Gasteiger charge is -2.17. The lowest BCUT2D eigenvalue weighted by molar-refractivity contribution is -0.139. The molecule has 1 aliphatic rings. The minimum absolute atomic E-state index is 0.0840. The number of ether oxygens (including phenoxy) is 1. The van der Waals surface area contributed by atoms with E-state index in [0.29, 0.717) is 6.61 Å². The molecule has 20 heavy (non-hydrogen) atoms. The zero-order chi connectivity index (χ0) is 14.7. The highest BCUT2D eigenvalue weighted by Gasteiger charge is 2.29. The normalized spacial score (nSPS) is 15.9. The van der Waals surface area contributed by atoms with E-state index in [1.165, 1.54) is 7.05 Å². The highest BCUT2D eigenvalue weighted by Crippen LogP contribution is 2.35. The second-order valence-electron chi connectivity index (χ2n) is 4.58. The fourth-order valence-electron chi connectivity index (χ4n) is 2.11. The van der Waals surface area contributed by atoms with Crippen molar-refractivity contribution >= 4 is 23.6 Å². The summed E-state index contributed by atoms with van der Waals surface area (Å²) in [5.74, 6) is -0.712. The van der Waals surface area contributed by atoms with Crippen molar-refractivity contribution in [2.45, 2.75) is 23.8 Å². The van der Waals surface area contributed by atoms with Crippen molar-refractivity contribution in [3.63, 3.8) is 0 Å². The van der Waals surface area contributed by atoms with E-state index in [0.717, 1.165) is 35.1 Å². The predicted octanol–water partition coefficient (Wildman–Crippen LogP) is 1.61. The first kappa shape index (κ1) is 14.7. The Hall–Kier alpha value is -1.69. The van der Waals surface area contributed by atoms with Crippen LogP contribution in [0, 0.1) is 0 Å². The molecule has 6 heteroatoms. The summed E-state index contributed by atoms with van der Waals surface area (Å²) in [6.45, 7) is 2.59. The molecule has 1 heterocycles. The number of hydrogen-bond acceptors (Lipinski definition) is 4. The fraction of sp³-hybridized carbons (Fsp3) is 0.429. The van der Waals surface area contributed by atoms with Crippen LogP contribution in [0.3, 0.4) is 0 Å². The number of amides is 1. The molecule has 0 saturated heterocycles. The van der Waals surface area contributed by atoms with Crippen LogP contribution in [0.5, 0.6) is 5.75 Å². The van der Waals surface area contributed by atoms with Gasteiger partial charge in [-0.05, 0) is 24.1 Å². The summed E-state index contributed by atoms with van der Waals surface area (Å²) in [5.41, 5.74) is 2.15. The van der Waals surface area contributed by atoms with Gasteiger partial charge < -0.3 is 15.2 Å². The molecule has 1 aromatic carbocycles. The molecule has 1 amide bonds. The lowest BCUT2D eigenvalue weighted by atomic mass is 10.1. The minimum atomic E-state index is -1.12. The maximum absolute atomic E-state index is 11.6. The molecular weight excluding hydrogens is 278 g/mol. The Bertz CT molecular complexity index is 532. The summed E-state index contributed by atoms with van der Waals surface area (Å²) in [5, 5.41) is 10.3. The Morgan fingerprint density at radius 2 is 2.20 bits per heavy atom. The molecule has 108 valence electrons. The first-order chi connectivity index (χ1) is 9.52. The van der Waals surface area contributed by atoms with Crippen LogP contribution < -0.4 is 10.1 Å². The monoisotopic (exact) mass is 295 g/mol. The highest BCUT2D eigenvalue weighted by atomic mass is 32.2. The van der Waals surface area contributed by atoms with Gasteiger partial charge in [0.25, 0.3) is 0 Å². The van der Waals surface area contributed by atoms with Gasteiger partial charge in [-0.2, -0.15) is 0 Å². The Kier molecular flexibility index (Phi) is 4.54. The summed E-state index contributed by atoms with van der Waals surface area (Å²) in [6.07, 6.45) is 0.873. The van der Waals surface area contributed by atoms with Crippen LogP contribution in [0.4, 0.5) is 0 Å². The number of carbonyl (C=O) groups is 2. The molecule has 2 unspecified atom stereocenters. The van der Waals surface area contributed by atoms with Crippen LogP contribution >= 0.6 is 11.8 Å². The topological polar surface area (TPSA) is 75.6 Å². The molecule has 0 fully saturated rings. The summed E-state index contributed by atoms with van der Waals surface area (Å²) in [4.78, 5) is 22.7. The van der Waals surface area contributed by atoms with Crippen LogP contribution in [0.1, 0.15) is 23.3 Å². The van der Waals surface area contributed by atoms with E-state index in [-0.39, 0.29) is 5.25 Å². The number of nitrogens with one attached hydrogen (secondary N) is 1. The summed E-state index contributed by atoms with van der Waals surface area (Å²) < 4.78 is 5.44. The number of aliphatic carboxylic acids is 1. The standard InChI is InChI=1S/C14H17NO4S/c1-8(20-12(14(17)18)13(16)15-2)9-3-4-11-10(7-9)5-6-19-11/h3-4,7-8,12H,5-6H2,1-2H3,(H,15,16)(H,17,18). The second kappa shape index (κ2) is 6.17. The first-order valence-corrected chi connectivity index (χ1v) is 7.32. The van der Waals surface area contributed by atoms with Crippen molar-refractivity contribution in [2.24, 2.45) is 0 Å². The lowest BCUT2D eigenvalue weighted by Crippen LogP contribution is -2.36. The van der Waals surface area contributed by atoms with Crippen molar-refractivity contribution in [3.8, 4) is 5.75 Å². The van der Waals surface area contributed by atoms with E-state index < -0.39 is 17.1 Å². The van der Waals surface area contributed by atoms with Gasteiger partial charge in [-0.15, -0.1) is 11.8 Å². The molecule has 0 aromatic heterocycles. The van der Waals surface area contributed by atoms with Gasteiger partial charge in [0.1, 0.15) is 5.75 Å². The number of hydrogen-bond donors (Lipinski definition) is 2. The van der Waals surface area contributed by atoms with Gasteiger partial charge in [0.15, 0.2) is 5.25 Å². The van der Waals surface area contributed by atoms with Gasteiger partial charge in [-0.1, -0.05) is 12.1 Å². The molecule has 2 atom stereocenters. The largest absolute Gasteiger partial charge is 0.493 e. The van der Waals surface area contributed by atoms with Crippen molar-refractivity contribution in [3.05, 3.63) is 29.3 Å². The number of carbonyl (C=O) groups excluding carboxylic acids is 1. The van der Waals surface area contributed by atoms with Crippen LogP contribution in [-0.4, -0.2) is 35.9 Å². The zero-order valence-electron chi connectivity index (χ0n) is 11.4. The third-order valence-corrected chi connectivity index (χ3v) is 4.60. The summed E-state index contributed by atoms with van der Waals surface area (Å²) >= 11 is 1.13. The quantitative estimate of drug-likeness (QED) is 0.807. The van der Waals surface area contributed by atoms with Crippen LogP contribution in [0.15, 0.2) is 18.2 Å².